The van der Waals surface area contributed by atoms with Gasteiger partial charge in [0.15, 0.2) is 0 Å². The number of nitrogens with zero attached hydrogens (tertiary/aromatic N) is 1. The predicted octanol–water partition coefficient (Wildman–Crippen LogP) is -0.353. The van der Waals surface area contributed by atoms with Crippen molar-refractivity contribution in [3.63, 3.8) is 0 Å². The van der Waals surface area contributed by atoms with Crippen LogP contribution >= 0.6 is 0 Å². The van der Waals surface area contributed by atoms with Crippen molar-refractivity contribution in [1.82, 2.24) is 10.3 Å². The van der Waals surface area contributed by atoms with Crippen molar-refractivity contribution in [2.45, 2.75) is 6.92 Å². The van der Waals surface area contributed by atoms with Gasteiger partial charge in [0, 0.05) is 18.9 Å². The number of hydrogen-bond donors (Lipinski definition) is 3. The highest BCUT2D eigenvalue weighted by Crippen LogP contribution is 2.14. The molecule has 16 heavy (non-hydrogen) atoms. The van der Waals surface area contributed by atoms with Crippen LogP contribution in [0.5, 0.6) is 0 Å². The van der Waals surface area contributed by atoms with Gasteiger partial charge in [-0.25, -0.2) is 0 Å². The zero-order valence-electron chi connectivity index (χ0n) is 9.20. The summed E-state index contributed by atoms with van der Waals surface area (Å²) in [5, 5.41) is 5.29. The van der Waals surface area contributed by atoms with Crippen molar-refractivity contribution in [1.29, 1.82) is 0 Å². The molecule has 0 atom stereocenters. The first-order valence-electron chi connectivity index (χ1n) is 4.75. The lowest BCUT2D eigenvalue weighted by Gasteiger charge is -2.09. The number of carbonyl (C=O) groups is 2. The molecule has 1 rings (SSSR count). The van der Waals surface area contributed by atoms with E-state index in [-0.39, 0.29) is 12.5 Å². The number of nitrogens with two attached hydrogens (primary N) is 1. The fourth-order valence-electron chi connectivity index (χ4n) is 1.21. The summed E-state index contributed by atoms with van der Waals surface area (Å²) in [6.45, 7) is 1.64. The molecule has 0 fully saturated rings. The van der Waals surface area contributed by atoms with Crippen LogP contribution in [0.15, 0.2) is 12.3 Å². The molecular weight excluding hydrogens is 208 g/mol. The topological polar surface area (TPSA) is 97.1 Å². The molecular formula is C10H14N4O2. The summed E-state index contributed by atoms with van der Waals surface area (Å²) in [5.74, 6) is -0.963. The Morgan fingerprint density at radius 3 is 2.75 bits per heavy atom. The van der Waals surface area contributed by atoms with Gasteiger partial charge >= 0.3 is 0 Å². The predicted molar refractivity (Wildman–Crippen MR) is 60.0 cm³/mol. The molecule has 1 aromatic heterocycles. The number of aryl methyl sites for hydroxylation is 1. The molecule has 6 heteroatoms. The number of nitrogens with one attached hydrogen (secondary N) is 2. The molecule has 0 saturated heterocycles. The van der Waals surface area contributed by atoms with E-state index in [0.717, 1.165) is 5.69 Å². The second kappa shape index (κ2) is 5.11. The third-order valence-electron chi connectivity index (χ3n) is 1.98. The highest BCUT2D eigenvalue weighted by Gasteiger charge is 2.11. The second-order valence-corrected chi connectivity index (χ2v) is 3.27. The summed E-state index contributed by atoms with van der Waals surface area (Å²) >= 11 is 0. The van der Waals surface area contributed by atoms with E-state index in [1.807, 2.05) is 6.92 Å². The highest BCUT2D eigenvalue weighted by atomic mass is 16.2. The monoisotopic (exact) mass is 222 g/mol. The van der Waals surface area contributed by atoms with Crippen molar-refractivity contribution in [3.8, 4) is 0 Å². The van der Waals surface area contributed by atoms with Crippen molar-refractivity contribution in [3.05, 3.63) is 23.5 Å². The molecule has 0 spiro atoms. The van der Waals surface area contributed by atoms with Crippen molar-refractivity contribution >= 4 is 17.5 Å². The molecule has 1 heterocycles. The van der Waals surface area contributed by atoms with Gasteiger partial charge in [0.05, 0.1) is 17.8 Å². The van der Waals surface area contributed by atoms with E-state index in [4.69, 9.17) is 5.73 Å². The summed E-state index contributed by atoms with van der Waals surface area (Å²) in [6.07, 6.45) is 1.46. The Hall–Kier alpha value is -2.11. The normalized spacial score (nSPS) is 9.62. The minimum atomic E-state index is -0.584. The number of carbonyl (C=O) groups excluding carboxylic acids is 2. The van der Waals surface area contributed by atoms with E-state index in [1.54, 1.807) is 13.1 Å². The molecule has 0 aliphatic carbocycles. The fraction of sp³-hybridized carbons (Fsp3) is 0.300. The summed E-state index contributed by atoms with van der Waals surface area (Å²) < 4.78 is 0. The van der Waals surface area contributed by atoms with E-state index in [1.165, 1.54) is 6.20 Å². The number of pyridine rings is 1. The van der Waals surface area contributed by atoms with Gasteiger partial charge in [-0.1, -0.05) is 0 Å². The molecule has 1 aromatic rings. The maximum atomic E-state index is 11.6. The largest absolute Gasteiger partial charge is 0.387 e. The standard InChI is InChI=1S/C10H14N4O2/c1-6-3-8(12-2)7(4-13-6)10(16)14-5-9(11)15/h3-4H,5H2,1-2H3,(H2,11,15)(H,12,13)(H,14,16). The average molecular weight is 222 g/mol. The minimum absolute atomic E-state index is 0.185. The zero-order chi connectivity index (χ0) is 12.1. The van der Waals surface area contributed by atoms with E-state index in [9.17, 15) is 9.59 Å². The highest BCUT2D eigenvalue weighted by molar-refractivity contribution is 6.00. The third kappa shape index (κ3) is 2.94. The molecule has 0 unspecified atom stereocenters. The fourth-order valence-corrected chi connectivity index (χ4v) is 1.21. The van der Waals surface area contributed by atoms with Gasteiger partial charge in [-0.2, -0.15) is 0 Å². The van der Waals surface area contributed by atoms with Crippen molar-refractivity contribution < 1.29 is 9.59 Å². The van der Waals surface area contributed by atoms with Gasteiger partial charge in [-0.05, 0) is 13.0 Å². The molecule has 0 bridgehead atoms. The Labute approximate surface area is 93.2 Å². The van der Waals surface area contributed by atoms with Gasteiger partial charge < -0.3 is 16.4 Å². The Morgan fingerprint density at radius 2 is 2.19 bits per heavy atom. The number of anilines is 1. The lowest BCUT2D eigenvalue weighted by molar-refractivity contribution is -0.117. The molecule has 2 amide bonds. The number of amides is 2. The maximum Gasteiger partial charge on any atom is 0.255 e. The quantitative estimate of drug-likeness (QED) is 0.648. The van der Waals surface area contributed by atoms with Crippen LogP contribution in [0.4, 0.5) is 5.69 Å². The summed E-state index contributed by atoms with van der Waals surface area (Å²) in [5.41, 5.74) is 6.78. The van der Waals surface area contributed by atoms with Crippen LogP contribution in [0, 0.1) is 6.92 Å². The van der Waals surface area contributed by atoms with Gasteiger partial charge in [-0.15, -0.1) is 0 Å². The Kier molecular flexibility index (Phi) is 3.82. The average Bonchev–Trinajstić information content (AvgIpc) is 2.25. The van der Waals surface area contributed by atoms with Crippen LogP contribution in [0.25, 0.3) is 0 Å². The smallest absolute Gasteiger partial charge is 0.255 e. The Balaban J connectivity index is 2.86. The Bertz CT molecular complexity index is 417. The molecule has 0 aliphatic rings. The van der Waals surface area contributed by atoms with Crippen LogP contribution in [-0.2, 0) is 4.79 Å². The van der Waals surface area contributed by atoms with Crippen LogP contribution in [-0.4, -0.2) is 30.4 Å². The maximum absolute atomic E-state index is 11.6. The van der Waals surface area contributed by atoms with Gasteiger partial charge in [0.1, 0.15) is 0 Å². The van der Waals surface area contributed by atoms with Crippen molar-refractivity contribution in [2.24, 2.45) is 5.73 Å². The lowest BCUT2D eigenvalue weighted by Crippen LogP contribution is -2.33. The third-order valence-corrected chi connectivity index (χ3v) is 1.98. The van der Waals surface area contributed by atoms with E-state index in [0.29, 0.717) is 11.3 Å². The number of aromatic nitrogens is 1. The van der Waals surface area contributed by atoms with E-state index < -0.39 is 5.91 Å². The molecule has 0 radical (unpaired) electrons. The van der Waals surface area contributed by atoms with Gasteiger partial charge in [0.2, 0.25) is 5.91 Å². The van der Waals surface area contributed by atoms with E-state index >= 15 is 0 Å². The van der Waals surface area contributed by atoms with Crippen LogP contribution in [0.1, 0.15) is 16.1 Å². The number of primary amides is 1. The summed E-state index contributed by atoms with van der Waals surface area (Å²) in [6, 6.07) is 1.75. The first-order valence-corrected chi connectivity index (χ1v) is 4.75. The lowest BCUT2D eigenvalue weighted by atomic mass is 10.2. The van der Waals surface area contributed by atoms with Crippen LogP contribution in [0.3, 0.4) is 0 Å². The van der Waals surface area contributed by atoms with Crippen LogP contribution < -0.4 is 16.4 Å². The summed E-state index contributed by atoms with van der Waals surface area (Å²) in [4.78, 5) is 26.2. The first kappa shape index (κ1) is 12.0. The van der Waals surface area contributed by atoms with Gasteiger partial charge in [-0.3, -0.25) is 14.6 Å². The number of hydrogen-bond acceptors (Lipinski definition) is 4. The minimum Gasteiger partial charge on any atom is -0.387 e. The van der Waals surface area contributed by atoms with Gasteiger partial charge in [0.25, 0.3) is 5.91 Å². The van der Waals surface area contributed by atoms with Crippen molar-refractivity contribution in [2.75, 3.05) is 18.9 Å². The molecule has 0 aromatic carbocycles. The Morgan fingerprint density at radius 1 is 1.50 bits per heavy atom. The summed E-state index contributed by atoms with van der Waals surface area (Å²) in [7, 11) is 1.71. The number of rotatable bonds is 4. The molecule has 4 N–H and O–H groups in total. The second-order valence-electron chi connectivity index (χ2n) is 3.27. The van der Waals surface area contributed by atoms with E-state index in [2.05, 4.69) is 15.6 Å². The zero-order valence-corrected chi connectivity index (χ0v) is 9.20. The molecule has 6 nitrogen and oxygen atoms in total. The molecule has 86 valence electrons. The molecule has 0 saturated carbocycles. The SMILES string of the molecule is CNc1cc(C)ncc1C(=O)NCC(N)=O. The first-order chi connectivity index (χ1) is 7.54. The molecule has 0 aliphatic heterocycles. The van der Waals surface area contributed by atoms with Crippen LogP contribution in [0.2, 0.25) is 0 Å².